The summed E-state index contributed by atoms with van der Waals surface area (Å²) in [5, 5.41) is 2.71. The maximum Gasteiger partial charge on any atom is 0.258 e. The van der Waals surface area contributed by atoms with Crippen LogP contribution < -0.4 is 10.1 Å². The van der Waals surface area contributed by atoms with Crippen LogP contribution in [0.5, 0.6) is 5.75 Å². The highest BCUT2D eigenvalue weighted by atomic mass is 79.9. The number of hydrogen-bond acceptors (Lipinski definition) is 3. The molecule has 1 aromatic carbocycles. The smallest absolute Gasteiger partial charge is 0.258 e. The van der Waals surface area contributed by atoms with E-state index in [1.54, 1.807) is 23.5 Å². The van der Waals surface area contributed by atoms with E-state index in [4.69, 9.17) is 4.74 Å². The van der Waals surface area contributed by atoms with Gasteiger partial charge in [-0.25, -0.2) is 4.39 Å². The number of nitrogens with one attached hydrogen (secondary N) is 1. The van der Waals surface area contributed by atoms with Crippen molar-refractivity contribution in [2.45, 2.75) is 6.54 Å². The van der Waals surface area contributed by atoms with Crippen molar-refractivity contribution in [3.63, 3.8) is 0 Å². The second-order valence-electron chi connectivity index (χ2n) is 3.70. The second-order valence-corrected chi connectivity index (χ2v) is 6.25. The molecule has 2 aromatic rings. The van der Waals surface area contributed by atoms with Gasteiger partial charge in [0.25, 0.3) is 5.91 Å². The van der Waals surface area contributed by atoms with E-state index in [1.807, 2.05) is 12.1 Å². The zero-order chi connectivity index (χ0) is 13.7. The van der Waals surface area contributed by atoms with Crippen LogP contribution in [0.2, 0.25) is 0 Å². The van der Waals surface area contributed by atoms with Crippen LogP contribution in [0.25, 0.3) is 0 Å². The third kappa shape index (κ3) is 4.33. The van der Waals surface area contributed by atoms with E-state index in [9.17, 15) is 9.18 Å². The SMILES string of the molecule is O=C(COc1ccccc1F)NCc1ccc(Br)s1. The van der Waals surface area contributed by atoms with Crippen molar-refractivity contribution in [1.29, 1.82) is 0 Å². The van der Waals surface area contributed by atoms with Crippen LogP contribution in [-0.2, 0) is 11.3 Å². The third-order valence-corrected chi connectivity index (χ3v) is 3.91. The van der Waals surface area contributed by atoms with Gasteiger partial charge in [-0.3, -0.25) is 4.79 Å². The van der Waals surface area contributed by atoms with Gasteiger partial charge in [0.2, 0.25) is 0 Å². The van der Waals surface area contributed by atoms with Gasteiger partial charge in [0.15, 0.2) is 18.2 Å². The van der Waals surface area contributed by atoms with Gasteiger partial charge in [0, 0.05) is 4.88 Å². The van der Waals surface area contributed by atoms with Gasteiger partial charge in [-0.05, 0) is 40.2 Å². The van der Waals surface area contributed by atoms with Crippen molar-refractivity contribution in [2.75, 3.05) is 6.61 Å². The first-order valence-electron chi connectivity index (χ1n) is 5.53. The van der Waals surface area contributed by atoms with E-state index < -0.39 is 5.82 Å². The molecule has 0 bridgehead atoms. The Morgan fingerprint density at radius 2 is 2.11 bits per heavy atom. The van der Waals surface area contributed by atoms with Gasteiger partial charge in [-0.15, -0.1) is 11.3 Å². The number of carbonyl (C=O) groups is 1. The minimum absolute atomic E-state index is 0.0801. The summed E-state index contributed by atoms with van der Waals surface area (Å²) in [6, 6.07) is 9.83. The summed E-state index contributed by atoms with van der Waals surface area (Å²) in [5.41, 5.74) is 0. The molecular weight excluding hydrogens is 333 g/mol. The van der Waals surface area contributed by atoms with Gasteiger partial charge >= 0.3 is 0 Å². The number of benzene rings is 1. The number of thiophene rings is 1. The van der Waals surface area contributed by atoms with Crippen LogP contribution in [0.3, 0.4) is 0 Å². The molecule has 0 fully saturated rings. The normalized spacial score (nSPS) is 10.2. The number of halogens is 2. The fourth-order valence-corrected chi connectivity index (χ4v) is 2.81. The minimum Gasteiger partial charge on any atom is -0.481 e. The summed E-state index contributed by atoms with van der Waals surface area (Å²) in [7, 11) is 0. The molecular formula is C13H11BrFNO2S. The Balaban J connectivity index is 1.77. The van der Waals surface area contributed by atoms with Crippen LogP contribution in [0, 0.1) is 5.82 Å². The van der Waals surface area contributed by atoms with Crippen LogP contribution >= 0.6 is 27.3 Å². The number of hydrogen-bond donors (Lipinski definition) is 1. The Bertz CT molecular complexity index is 573. The number of carbonyl (C=O) groups excluding carboxylic acids is 1. The van der Waals surface area contributed by atoms with Crippen molar-refractivity contribution >= 4 is 33.2 Å². The zero-order valence-corrected chi connectivity index (χ0v) is 12.3. The van der Waals surface area contributed by atoms with Crippen molar-refractivity contribution in [1.82, 2.24) is 5.32 Å². The summed E-state index contributed by atoms with van der Waals surface area (Å²) in [5.74, 6) is -0.679. The predicted molar refractivity (Wildman–Crippen MR) is 75.8 cm³/mol. The second kappa shape index (κ2) is 6.68. The van der Waals surface area contributed by atoms with E-state index in [1.165, 1.54) is 12.1 Å². The molecule has 3 nitrogen and oxygen atoms in total. The summed E-state index contributed by atoms with van der Waals surface area (Å²) in [4.78, 5) is 12.6. The quantitative estimate of drug-likeness (QED) is 0.904. The molecule has 1 amide bonds. The molecule has 0 radical (unpaired) electrons. The molecule has 1 N–H and O–H groups in total. The molecule has 0 spiro atoms. The van der Waals surface area contributed by atoms with E-state index in [0.29, 0.717) is 6.54 Å². The lowest BCUT2D eigenvalue weighted by atomic mass is 10.3. The van der Waals surface area contributed by atoms with E-state index in [0.717, 1.165) is 8.66 Å². The molecule has 0 saturated heterocycles. The van der Waals surface area contributed by atoms with E-state index in [2.05, 4.69) is 21.2 Å². The minimum atomic E-state index is -0.475. The summed E-state index contributed by atoms with van der Waals surface area (Å²) >= 11 is 4.90. The average Bonchev–Trinajstić information content (AvgIpc) is 2.81. The first-order valence-corrected chi connectivity index (χ1v) is 7.14. The maximum atomic E-state index is 13.2. The van der Waals surface area contributed by atoms with Crippen molar-refractivity contribution in [3.8, 4) is 5.75 Å². The van der Waals surface area contributed by atoms with Crippen LogP contribution in [-0.4, -0.2) is 12.5 Å². The molecule has 0 saturated carbocycles. The molecule has 0 atom stereocenters. The fraction of sp³-hybridized carbons (Fsp3) is 0.154. The highest BCUT2D eigenvalue weighted by molar-refractivity contribution is 9.11. The lowest BCUT2D eigenvalue weighted by molar-refractivity contribution is -0.123. The topological polar surface area (TPSA) is 38.3 Å². The van der Waals surface area contributed by atoms with Gasteiger partial charge in [-0.2, -0.15) is 0 Å². The Morgan fingerprint density at radius 1 is 1.32 bits per heavy atom. The number of para-hydroxylation sites is 1. The summed E-state index contributed by atoms with van der Waals surface area (Å²) in [6.45, 7) is 0.239. The molecule has 0 aliphatic heterocycles. The van der Waals surface area contributed by atoms with E-state index >= 15 is 0 Å². The third-order valence-electron chi connectivity index (χ3n) is 2.28. The van der Waals surface area contributed by atoms with Crippen molar-refractivity contribution in [2.24, 2.45) is 0 Å². The number of amides is 1. The monoisotopic (exact) mass is 343 g/mol. The maximum absolute atomic E-state index is 13.2. The lowest BCUT2D eigenvalue weighted by Gasteiger charge is -2.07. The molecule has 2 rings (SSSR count). The molecule has 100 valence electrons. The fourth-order valence-electron chi connectivity index (χ4n) is 1.39. The number of ether oxygens (including phenoxy) is 1. The van der Waals surface area contributed by atoms with Crippen molar-refractivity contribution < 1.29 is 13.9 Å². The van der Waals surface area contributed by atoms with Gasteiger partial charge in [-0.1, -0.05) is 12.1 Å². The Morgan fingerprint density at radius 3 is 2.79 bits per heavy atom. The largest absolute Gasteiger partial charge is 0.481 e. The standard InChI is InChI=1S/C13H11BrFNO2S/c14-12-6-5-9(19-12)7-16-13(17)8-18-11-4-2-1-3-10(11)15/h1-6H,7-8H2,(H,16,17). The Labute approximate surface area is 122 Å². The van der Waals surface area contributed by atoms with E-state index in [-0.39, 0.29) is 18.3 Å². The molecule has 0 unspecified atom stereocenters. The van der Waals surface area contributed by atoms with Gasteiger partial charge in [0.1, 0.15) is 0 Å². The molecule has 0 aliphatic carbocycles. The van der Waals surface area contributed by atoms with Gasteiger partial charge < -0.3 is 10.1 Å². The van der Waals surface area contributed by atoms with Crippen LogP contribution in [0.1, 0.15) is 4.88 Å². The zero-order valence-electron chi connectivity index (χ0n) is 9.86. The highest BCUT2D eigenvalue weighted by Crippen LogP contribution is 2.21. The molecule has 19 heavy (non-hydrogen) atoms. The highest BCUT2D eigenvalue weighted by Gasteiger charge is 2.06. The molecule has 6 heteroatoms. The van der Waals surface area contributed by atoms with Crippen molar-refractivity contribution in [3.05, 3.63) is 50.9 Å². The molecule has 1 heterocycles. The first-order chi connectivity index (χ1) is 9.15. The van der Waals surface area contributed by atoms with Crippen LogP contribution in [0.4, 0.5) is 4.39 Å². The average molecular weight is 344 g/mol. The Kier molecular flexibility index (Phi) is 4.93. The lowest BCUT2D eigenvalue weighted by Crippen LogP contribution is -2.28. The predicted octanol–water partition coefficient (Wildman–Crippen LogP) is 3.34. The van der Waals surface area contributed by atoms with Gasteiger partial charge in [0.05, 0.1) is 10.3 Å². The summed E-state index contributed by atoms with van der Waals surface area (Å²) < 4.78 is 19.3. The molecule has 1 aromatic heterocycles. The Hall–Kier alpha value is -1.40. The van der Waals surface area contributed by atoms with Crippen LogP contribution in [0.15, 0.2) is 40.2 Å². The number of rotatable bonds is 5. The molecule has 0 aliphatic rings. The summed E-state index contributed by atoms with van der Waals surface area (Å²) in [6.07, 6.45) is 0. The first kappa shape index (κ1) is 14.0.